The molecule has 106 valence electrons. The summed E-state index contributed by atoms with van der Waals surface area (Å²) in [5.74, 6) is -0.265. The largest absolute Gasteiger partial charge is 0.348 e. The highest BCUT2D eigenvalue weighted by Gasteiger charge is 2.25. The SMILES string of the molecule is Cc1ccc(Br)cc1S(=O)(=O)N(C)CC(=O)N(C)C. The summed E-state index contributed by atoms with van der Waals surface area (Å²) in [5, 5.41) is 0. The highest BCUT2D eigenvalue weighted by molar-refractivity contribution is 9.10. The van der Waals surface area contributed by atoms with Crippen LogP contribution in [0.5, 0.6) is 0 Å². The van der Waals surface area contributed by atoms with Crippen LogP contribution in [-0.2, 0) is 14.8 Å². The summed E-state index contributed by atoms with van der Waals surface area (Å²) < 4.78 is 26.5. The molecular weight excluding hydrogens is 332 g/mol. The molecule has 0 aliphatic heterocycles. The third-order valence-electron chi connectivity index (χ3n) is 2.70. The molecule has 0 saturated carbocycles. The molecule has 0 heterocycles. The van der Waals surface area contributed by atoms with Crippen LogP contribution < -0.4 is 0 Å². The fourth-order valence-electron chi connectivity index (χ4n) is 1.44. The summed E-state index contributed by atoms with van der Waals surface area (Å²) in [4.78, 5) is 13.2. The first-order valence-electron chi connectivity index (χ1n) is 5.59. The first-order valence-corrected chi connectivity index (χ1v) is 7.82. The van der Waals surface area contributed by atoms with E-state index in [1.807, 2.05) is 0 Å². The van der Waals surface area contributed by atoms with Gasteiger partial charge in [0.1, 0.15) is 0 Å². The summed E-state index contributed by atoms with van der Waals surface area (Å²) in [5.41, 5.74) is 0.646. The molecule has 19 heavy (non-hydrogen) atoms. The summed E-state index contributed by atoms with van der Waals surface area (Å²) in [7, 11) is 0.916. The maximum Gasteiger partial charge on any atom is 0.243 e. The molecule has 0 saturated heterocycles. The molecule has 1 aromatic carbocycles. The van der Waals surface area contributed by atoms with Gasteiger partial charge in [-0.1, -0.05) is 22.0 Å². The Bertz CT molecular complexity index is 585. The predicted octanol–water partition coefficient (Wildman–Crippen LogP) is 1.47. The zero-order valence-electron chi connectivity index (χ0n) is 11.3. The first kappa shape index (κ1) is 16.1. The van der Waals surface area contributed by atoms with Crippen LogP contribution in [-0.4, -0.2) is 51.2 Å². The Morgan fingerprint density at radius 3 is 2.37 bits per heavy atom. The van der Waals surface area contributed by atoms with Gasteiger partial charge in [0.15, 0.2) is 0 Å². The van der Waals surface area contributed by atoms with E-state index in [4.69, 9.17) is 0 Å². The normalized spacial score (nSPS) is 11.7. The van der Waals surface area contributed by atoms with Crippen LogP contribution in [0, 0.1) is 6.92 Å². The molecule has 5 nitrogen and oxygen atoms in total. The molecule has 0 atom stereocenters. The van der Waals surface area contributed by atoms with Crippen LogP contribution in [0.25, 0.3) is 0 Å². The molecule has 0 N–H and O–H groups in total. The van der Waals surface area contributed by atoms with Gasteiger partial charge >= 0.3 is 0 Å². The number of nitrogens with zero attached hydrogens (tertiary/aromatic N) is 2. The third kappa shape index (κ3) is 3.77. The van der Waals surface area contributed by atoms with Gasteiger partial charge in [-0.15, -0.1) is 0 Å². The highest BCUT2D eigenvalue weighted by atomic mass is 79.9. The molecule has 7 heteroatoms. The Morgan fingerprint density at radius 2 is 1.84 bits per heavy atom. The molecule has 0 aliphatic carbocycles. The smallest absolute Gasteiger partial charge is 0.243 e. The molecule has 0 aliphatic rings. The Hall–Kier alpha value is -0.920. The maximum atomic E-state index is 12.4. The van der Waals surface area contributed by atoms with Crippen molar-refractivity contribution in [3.63, 3.8) is 0 Å². The monoisotopic (exact) mass is 348 g/mol. The fourth-order valence-corrected chi connectivity index (χ4v) is 3.32. The van der Waals surface area contributed by atoms with Crippen molar-refractivity contribution in [1.82, 2.24) is 9.21 Å². The number of rotatable bonds is 4. The zero-order valence-corrected chi connectivity index (χ0v) is 13.7. The number of hydrogen-bond acceptors (Lipinski definition) is 3. The van der Waals surface area contributed by atoms with Gasteiger partial charge in [-0.3, -0.25) is 4.79 Å². The second-order valence-corrected chi connectivity index (χ2v) is 7.39. The molecule has 0 aromatic heterocycles. The minimum atomic E-state index is -3.66. The van der Waals surface area contributed by atoms with Crippen LogP contribution in [0.15, 0.2) is 27.6 Å². The van der Waals surface area contributed by atoms with Gasteiger partial charge in [0.2, 0.25) is 15.9 Å². The highest BCUT2D eigenvalue weighted by Crippen LogP contribution is 2.23. The summed E-state index contributed by atoms with van der Waals surface area (Å²) >= 11 is 3.25. The first-order chi connectivity index (χ1) is 8.66. The van der Waals surface area contributed by atoms with Crippen molar-refractivity contribution in [1.29, 1.82) is 0 Å². The van der Waals surface area contributed by atoms with E-state index in [0.717, 1.165) is 4.31 Å². The molecular formula is C12H17BrN2O3S. The van der Waals surface area contributed by atoms with Gasteiger partial charge in [0.05, 0.1) is 11.4 Å². The van der Waals surface area contributed by atoms with E-state index < -0.39 is 10.0 Å². The van der Waals surface area contributed by atoms with Crippen molar-refractivity contribution < 1.29 is 13.2 Å². The number of likely N-dealkylation sites (N-methyl/N-ethyl adjacent to an activating group) is 2. The molecule has 1 amide bonds. The van der Waals surface area contributed by atoms with Gasteiger partial charge < -0.3 is 4.90 Å². The molecule has 1 aromatic rings. The second-order valence-electron chi connectivity index (χ2n) is 4.46. The van der Waals surface area contributed by atoms with Gasteiger partial charge in [-0.05, 0) is 24.6 Å². The number of carbonyl (C=O) groups is 1. The summed E-state index contributed by atoms with van der Waals surface area (Å²) in [6.07, 6.45) is 0. The van der Waals surface area contributed by atoms with Crippen LogP contribution in [0.3, 0.4) is 0 Å². The Labute approximate surface area is 122 Å². The second kappa shape index (κ2) is 6.02. The van der Waals surface area contributed by atoms with Gasteiger partial charge in [0.25, 0.3) is 0 Å². The molecule has 0 spiro atoms. The van der Waals surface area contributed by atoms with E-state index in [9.17, 15) is 13.2 Å². The Balaban J connectivity index is 3.10. The van der Waals surface area contributed by atoms with E-state index in [0.29, 0.717) is 10.0 Å². The van der Waals surface area contributed by atoms with Crippen molar-refractivity contribution in [3.8, 4) is 0 Å². The number of carbonyl (C=O) groups excluding carboxylic acids is 1. The summed E-state index contributed by atoms with van der Waals surface area (Å²) in [6.45, 7) is 1.54. The number of hydrogen-bond donors (Lipinski definition) is 0. The van der Waals surface area contributed by atoms with Crippen LogP contribution in [0.4, 0.5) is 0 Å². The van der Waals surface area contributed by atoms with Gasteiger partial charge in [-0.2, -0.15) is 4.31 Å². The van der Waals surface area contributed by atoms with E-state index in [-0.39, 0.29) is 17.3 Å². The lowest BCUT2D eigenvalue weighted by Gasteiger charge is -2.20. The van der Waals surface area contributed by atoms with Gasteiger partial charge in [-0.25, -0.2) is 8.42 Å². The lowest BCUT2D eigenvalue weighted by molar-refractivity contribution is -0.128. The minimum absolute atomic E-state index is 0.179. The zero-order chi connectivity index (χ0) is 14.8. The predicted molar refractivity (Wildman–Crippen MR) is 77.4 cm³/mol. The van der Waals surface area contributed by atoms with E-state index in [2.05, 4.69) is 15.9 Å². The number of aryl methyl sites for hydroxylation is 1. The van der Waals surface area contributed by atoms with E-state index in [1.54, 1.807) is 39.2 Å². The van der Waals surface area contributed by atoms with Crippen molar-refractivity contribution in [2.75, 3.05) is 27.7 Å². The minimum Gasteiger partial charge on any atom is -0.348 e. The van der Waals surface area contributed by atoms with Crippen molar-refractivity contribution in [2.24, 2.45) is 0 Å². The average Bonchev–Trinajstić information content (AvgIpc) is 2.31. The van der Waals surface area contributed by atoms with Crippen LogP contribution >= 0.6 is 15.9 Å². The van der Waals surface area contributed by atoms with Crippen LogP contribution in [0.1, 0.15) is 5.56 Å². The maximum absolute atomic E-state index is 12.4. The van der Waals surface area contributed by atoms with Gasteiger partial charge in [0, 0.05) is 25.6 Å². The lowest BCUT2D eigenvalue weighted by Crippen LogP contribution is -2.37. The quantitative estimate of drug-likeness (QED) is 0.827. The standard InChI is InChI=1S/C12H17BrN2O3S/c1-9-5-6-10(13)7-11(9)19(17,18)15(4)8-12(16)14(2)3/h5-7H,8H2,1-4H3. The van der Waals surface area contributed by atoms with Crippen LogP contribution in [0.2, 0.25) is 0 Å². The number of halogens is 1. The molecule has 1 rings (SSSR count). The third-order valence-corrected chi connectivity index (χ3v) is 5.13. The number of benzene rings is 1. The molecule has 0 bridgehead atoms. The van der Waals surface area contributed by atoms with E-state index in [1.165, 1.54) is 11.9 Å². The molecule has 0 fully saturated rings. The number of amides is 1. The van der Waals surface area contributed by atoms with Crippen molar-refractivity contribution in [3.05, 3.63) is 28.2 Å². The Kier molecular flexibility index (Phi) is 5.11. The van der Waals surface area contributed by atoms with Crippen molar-refractivity contribution in [2.45, 2.75) is 11.8 Å². The van der Waals surface area contributed by atoms with Crippen molar-refractivity contribution >= 4 is 31.9 Å². The topological polar surface area (TPSA) is 57.7 Å². The Morgan fingerprint density at radius 1 is 1.26 bits per heavy atom. The van der Waals surface area contributed by atoms with E-state index >= 15 is 0 Å². The fraction of sp³-hybridized carbons (Fsp3) is 0.417. The molecule has 0 unspecified atom stereocenters. The lowest BCUT2D eigenvalue weighted by atomic mass is 10.2. The molecule has 0 radical (unpaired) electrons. The summed E-state index contributed by atoms with van der Waals surface area (Å²) in [6, 6.07) is 5.04. The number of sulfonamides is 1. The average molecular weight is 349 g/mol.